The first-order valence-electron chi connectivity index (χ1n) is 6.43. The second-order valence-electron chi connectivity index (χ2n) is 4.59. The molecule has 2 rings (SSSR count). The van der Waals surface area contributed by atoms with Gasteiger partial charge in [0.15, 0.2) is 0 Å². The van der Waals surface area contributed by atoms with Crippen molar-refractivity contribution in [3.05, 3.63) is 63.9 Å². The Hall–Kier alpha value is -1.33. The predicted octanol–water partition coefficient (Wildman–Crippen LogP) is 4.77. The van der Waals surface area contributed by atoms with E-state index in [1.807, 2.05) is 25.1 Å². The zero-order chi connectivity index (χ0) is 15.2. The lowest BCUT2D eigenvalue weighted by atomic mass is 10.1. The zero-order valence-corrected chi connectivity index (χ0v) is 13.9. The van der Waals surface area contributed by atoms with Gasteiger partial charge in [0.2, 0.25) is 5.91 Å². The Morgan fingerprint density at radius 2 is 2.05 bits per heavy atom. The van der Waals surface area contributed by atoms with Crippen molar-refractivity contribution in [1.29, 1.82) is 0 Å². The third kappa shape index (κ3) is 4.86. The van der Waals surface area contributed by atoms with Crippen LogP contribution in [0.5, 0.6) is 0 Å². The van der Waals surface area contributed by atoms with Gasteiger partial charge in [0.1, 0.15) is 5.82 Å². The summed E-state index contributed by atoms with van der Waals surface area (Å²) in [7, 11) is 0. The molecular formula is C16H15BrFNOS. The van der Waals surface area contributed by atoms with Crippen LogP contribution in [0.15, 0.2) is 46.9 Å². The number of carbonyl (C=O) groups is 1. The second kappa shape index (κ2) is 7.61. The molecule has 0 radical (unpaired) electrons. The molecule has 0 saturated carbocycles. The highest BCUT2D eigenvalue weighted by atomic mass is 79.9. The maximum atomic E-state index is 13.6. The molecule has 0 aromatic heterocycles. The highest BCUT2D eigenvalue weighted by Gasteiger charge is 2.08. The number of halogens is 2. The van der Waals surface area contributed by atoms with Crippen molar-refractivity contribution in [1.82, 2.24) is 0 Å². The summed E-state index contributed by atoms with van der Waals surface area (Å²) in [4.78, 5) is 11.8. The number of aryl methyl sites for hydroxylation is 1. The normalized spacial score (nSPS) is 10.4. The molecule has 1 N–H and O–H groups in total. The number of rotatable bonds is 5. The van der Waals surface area contributed by atoms with Gasteiger partial charge in [-0.15, -0.1) is 11.8 Å². The second-order valence-corrected chi connectivity index (χ2v) is 6.49. The fourth-order valence-corrected chi connectivity index (χ4v) is 3.04. The molecule has 21 heavy (non-hydrogen) atoms. The Bertz CT molecular complexity index is 648. The first kappa shape index (κ1) is 16.0. The van der Waals surface area contributed by atoms with Crippen molar-refractivity contribution >= 4 is 39.3 Å². The molecule has 0 saturated heterocycles. The van der Waals surface area contributed by atoms with E-state index >= 15 is 0 Å². The topological polar surface area (TPSA) is 29.1 Å². The van der Waals surface area contributed by atoms with E-state index < -0.39 is 5.82 Å². The minimum atomic E-state index is -0.443. The Balaban J connectivity index is 1.84. The Morgan fingerprint density at radius 1 is 1.29 bits per heavy atom. The number of anilines is 1. The van der Waals surface area contributed by atoms with Crippen molar-refractivity contribution in [2.45, 2.75) is 12.7 Å². The molecule has 2 aromatic carbocycles. The van der Waals surface area contributed by atoms with E-state index in [0.29, 0.717) is 10.2 Å². The van der Waals surface area contributed by atoms with Crippen molar-refractivity contribution in [2.24, 2.45) is 0 Å². The molecule has 0 bridgehead atoms. The van der Waals surface area contributed by atoms with Crippen LogP contribution in [0.2, 0.25) is 0 Å². The van der Waals surface area contributed by atoms with Crippen LogP contribution in [0.1, 0.15) is 11.1 Å². The highest BCUT2D eigenvalue weighted by Crippen LogP contribution is 2.20. The Kier molecular flexibility index (Phi) is 5.82. The van der Waals surface area contributed by atoms with E-state index in [1.165, 1.54) is 29.0 Å². The van der Waals surface area contributed by atoms with Crippen LogP contribution in [0.3, 0.4) is 0 Å². The quantitative estimate of drug-likeness (QED) is 0.824. The van der Waals surface area contributed by atoms with Gasteiger partial charge < -0.3 is 5.32 Å². The summed E-state index contributed by atoms with van der Waals surface area (Å²) in [5.41, 5.74) is 2.63. The highest BCUT2D eigenvalue weighted by molar-refractivity contribution is 9.10. The Morgan fingerprint density at radius 3 is 2.76 bits per heavy atom. The lowest BCUT2D eigenvalue weighted by Gasteiger charge is -2.07. The monoisotopic (exact) mass is 367 g/mol. The standard InChI is InChI=1S/C16H15BrFNOS/c1-11-4-2-3-5-12(11)9-21-10-16(20)19-15-7-6-13(17)8-14(15)18/h2-8H,9-10H2,1H3,(H,19,20). The van der Waals surface area contributed by atoms with E-state index in [9.17, 15) is 9.18 Å². The van der Waals surface area contributed by atoms with Crippen LogP contribution in [-0.4, -0.2) is 11.7 Å². The van der Waals surface area contributed by atoms with Crippen LogP contribution in [-0.2, 0) is 10.5 Å². The Labute approximate surface area is 136 Å². The van der Waals surface area contributed by atoms with Gasteiger partial charge >= 0.3 is 0 Å². The molecule has 1 amide bonds. The fourth-order valence-electron chi connectivity index (χ4n) is 1.80. The summed E-state index contributed by atoms with van der Waals surface area (Å²) >= 11 is 4.69. The maximum absolute atomic E-state index is 13.6. The summed E-state index contributed by atoms with van der Waals surface area (Å²) in [6, 6.07) is 12.6. The maximum Gasteiger partial charge on any atom is 0.234 e. The van der Waals surface area contributed by atoms with Crippen LogP contribution in [0.25, 0.3) is 0 Å². The molecule has 0 fully saturated rings. The van der Waals surface area contributed by atoms with Crippen molar-refractivity contribution in [3.8, 4) is 0 Å². The number of benzene rings is 2. The van der Waals surface area contributed by atoms with Gasteiger partial charge in [0, 0.05) is 10.2 Å². The molecule has 2 nitrogen and oxygen atoms in total. The lowest BCUT2D eigenvalue weighted by molar-refractivity contribution is -0.113. The minimum absolute atomic E-state index is 0.199. The van der Waals surface area contributed by atoms with Gasteiger partial charge in [-0.2, -0.15) is 0 Å². The molecule has 5 heteroatoms. The van der Waals surface area contributed by atoms with E-state index in [4.69, 9.17) is 0 Å². The van der Waals surface area contributed by atoms with E-state index in [0.717, 1.165) is 5.75 Å². The van der Waals surface area contributed by atoms with E-state index in [1.54, 1.807) is 12.1 Å². The molecule has 0 unspecified atom stereocenters. The molecule has 0 atom stereocenters. The summed E-state index contributed by atoms with van der Waals surface area (Å²) in [5.74, 6) is 0.420. The molecule has 0 aliphatic carbocycles. The number of amides is 1. The minimum Gasteiger partial charge on any atom is -0.323 e. The number of hydrogen-bond acceptors (Lipinski definition) is 2. The molecule has 0 aliphatic rings. The van der Waals surface area contributed by atoms with Gasteiger partial charge in [0.25, 0.3) is 0 Å². The van der Waals surface area contributed by atoms with Gasteiger partial charge in [-0.3, -0.25) is 4.79 Å². The van der Waals surface area contributed by atoms with Gasteiger partial charge in [-0.25, -0.2) is 4.39 Å². The molecule has 110 valence electrons. The first-order chi connectivity index (χ1) is 10.1. The number of thioether (sulfide) groups is 1. The van der Waals surface area contributed by atoms with Crippen LogP contribution < -0.4 is 5.32 Å². The average molecular weight is 368 g/mol. The number of nitrogens with one attached hydrogen (secondary N) is 1. The predicted molar refractivity (Wildman–Crippen MR) is 90.1 cm³/mol. The van der Waals surface area contributed by atoms with Crippen LogP contribution >= 0.6 is 27.7 Å². The van der Waals surface area contributed by atoms with Crippen LogP contribution in [0.4, 0.5) is 10.1 Å². The van der Waals surface area contributed by atoms with E-state index in [2.05, 4.69) is 27.3 Å². The van der Waals surface area contributed by atoms with Gasteiger partial charge in [-0.05, 0) is 36.2 Å². The number of hydrogen-bond donors (Lipinski definition) is 1. The van der Waals surface area contributed by atoms with Gasteiger partial charge in [0.05, 0.1) is 11.4 Å². The molecule has 0 heterocycles. The third-order valence-corrected chi connectivity index (χ3v) is 4.43. The number of carbonyl (C=O) groups excluding carboxylic acids is 1. The summed E-state index contributed by atoms with van der Waals surface area (Å²) in [5, 5.41) is 2.58. The molecule has 2 aromatic rings. The van der Waals surface area contributed by atoms with Crippen molar-refractivity contribution in [3.63, 3.8) is 0 Å². The molecule has 0 spiro atoms. The lowest BCUT2D eigenvalue weighted by Crippen LogP contribution is -2.15. The first-order valence-corrected chi connectivity index (χ1v) is 8.38. The fraction of sp³-hybridized carbons (Fsp3) is 0.188. The van der Waals surface area contributed by atoms with Crippen molar-refractivity contribution in [2.75, 3.05) is 11.1 Å². The zero-order valence-electron chi connectivity index (χ0n) is 11.5. The van der Waals surface area contributed by atoms with Crippen molar-refractivity contribution < 1.29 is 9.18 Å². The average Bonchev–Trinajstić information content (AvgIpc) is 2.44. The molecular weight excluding hydrogens is 353 g/mol. The smallest absolute Gasteiger partial charge is 0.234 e. The largest absolute Gasteiger partial charge is 0.323 e. The summed E-state index contributed by atoms with van der Waals surface area (Å²) < 4.78 is 14.2. The SMILES string of the molecule is Cc1ccccc1CSCC(=O)Nc1ccc(Br)cc1F. The summed E-state index contributed by atoms with van der Waals surface area (Å²) in [6.45, 7) is 2.05. The molecule has 0 aliphatic heterocycles. The summed E-state index contributed by atoms with van der Waals surface area (Å²) in [6.07, 6.45) is 0. The van der Waals surface area contributed by atoms with E-state index in [-0.39, 0.29) is 11.6 Å². The van der Waals surface area contributed by atoms with Gasteiger partial charge in [-0.1, -0.05) is 40.2 Å². The third-order valence-electron chi connectivity index (χ3n) is 2.96. The van der Waals surface area contributed by atoms with Crippen LogP contribution in [0, 0.1) is 12.7 Å².